The molecule has 2 N–H and O–H groups in total. The number of methoxy groups -OCH3 is 1. The molecule has 7 rings (SSSR count). The molecule has 15 heteroatoms. The van der Waals surface area contributed by atoms with Crippen LogP contribution in [0.15, 0.2) is 43.4 Å². The Morgan fingerprint density at radius 1 is 1.16 bits per heavy atom. The van der Waals surface area contributed by atoms with Crippen molar-refractivity contribution in [3.8, 4) is 0 Å². The number of piperidine rings is 1. The third-order valence-electron chi connectivity index (χ3n) is 11.1. The predicted octanol–water partition coefficient (Wildman–Crippen LogP) is 3.73. The van der Waals surface area contributed by atoms with Gasteiger partial charge in [0.2, 0.25) is 11.9 Å². The first kappa shape index (κ1) is 34.5. The summed E-state index contributed by atoms with van der Waals surface area (Å²) in [5.74, 6) is 1.11. The standard InChI is InChI=1S/C35H45FN8O5S/c1-5-32(45)43-12-6-7-26(43)33-22-15-31(40-30-8-11-37-34(41-30)42-13-9-28(49-4)25(36)20-42)38-17-23(22)27(18-39-33)44-19-24(21(44)2)29-16-35(3,46)10-14-50(29,47)48/h5,8,11,15,17-18,21,24-26,28-29,46H,1,6-7,9-10,12-14,16,19-20H2,2-4H3,(H,37,38,40,41)/t21?,24?,25-,26?,28+,29?,35?/m0/s1. The second-order valence-corrected chi connectivity index (χ2v) is 16.7. The van der Waals surface area contributed by atoms with E-state index in [1.165, 1.54) is 13.2 Å². The molecule has 7 atom stereocenters. The number of likely N-dealkylation sites (tertiary alicyclic amines) is 1. The number of carbonyl (C=O) groups is 1. The Bertz CT molecular complexity index is 1900. The first-order valence-corrected chi connectivity index (χ1v) is 19.0. The Morgan fingerprint density at radius 3 is 2.72 bits per heavy atom. The van der Waals surface area contributed by atoms with Crippen LogP contribution in [0.5, 0.6) is 0 Å². The van der Waals surface area contributed by atoms with Gasteiger partial charge in [0.25, 0.3) is 0 Å². The fraction of sp³-hybridized carbons (Fsp3) is 0.571. The number of fused-ring (bicyclic) bond motifs is 1. The smallest absolute Gasteiger partial charge is 0.246 e. The molecule has 4 saturated heterocycles. The normalized spacial score (nSPS) is 31.0. The number of aliphatic hydroxyl groups is 1. The molecule has 0 saturated carbocycles. The Hall–Kier alpha value is -3.95. The van der Waals surface area contributed by atoms with Crippen molar-refractivity contribution in [1.82, 2.24) is 24.8 Å². The van der Waals surface area contributed by atoms with Crippen LogP contribution in [-0.4, -0.2) is 112 Å². The van der Waals surface area contributed by atoms with Crippen molar-refractivity contribution in [2.45, 2.75) is 81.2 Å². The number of hydrogen-bond acceptors (Lipinski definition) is 12. The first-order chi connectivity index (χ1) is 23.9. The summed E-state index contributed by atoms with van der Waals surface area (Å²) < 4.78 is 46.1. The van der Waals surface area contributed by atoms with Gasteiger partial charge in [-0.05, 0) is 64.2 Å². The minimum absolute atomic E-state index is 0.00933. The van der Waals surface area contributed by atoms with Crippen molar-refractivity contribution in [3.05, 3.63) is 49.1 Å². The molecule has 3 aromatic rings. The molecule has 4 fully saturated rings. The van der Waals surface area contributed by atoms with Crippen LogP contribution < -0.4 is 15.1 Å². The van der Waals surface area contributed by atoms with Crippen molar-refractivity contribution >= 4 is 49.8 Å². The summed E-state index contributed by atoms with van der Waals surface area (Å²) in [5, 5.41) is 15.1. The van der Waals surface area contributed by atoms with Crippen LogP contribution in [0.4, 0.5) is 27.7 Å². The summed E-state index contributed by atoms with van der Waals surface area (Å²) in [6, 6.07) is 3.27. The molecular weight excluding hydrogens is 664 g/mol. The number of sulfone groups is 1. The zero-order valence-electron chi connectivity index (χ0n) is 28.7. The largest absolute Gasteiger partial charge is 0.390 e. The summed E-state index contributed by atoms with van der Waals surface area (Å²) in [5.41, 5.74) is 0.572. The van der Waals surface area contributed by atoms with E-state index in [-0.39, 0.29) is 49.0 Å². The number of carbonyl (C=O) groups excluding carboxylic acids is 1. The van der Waals surface area contributed by atoms with Gasteiger partial charge in [-0.1, -0.05) is 6.58 Å². The minimum atomic E-state index is -3.33. The Balaban J connectivity index is 1.20. The van der Waals surface area contributed by atoms with Gasteiger partial charge in [0.1, 0.15) is 17.8 Å². The van der Waals surface area contributed by atoms with Gasteiger partial charge in [-0.2, -0.15) is 4.98 Å². The highest BCUT2D eigenvalue weighted by molar-refractivity contribution is 7.92. The number of hydrogen-bond donors (Lipinski definition) is 2. The van der Waals surface area contributed by atoms with E-state index in [2.05, 4.69) is 26.8 Å². The number of nitrogens with one attached hydrogen (secondary N) is 1. The second-order valence-electron chi connectivity index (χ2n) is 14.3. The predicted molar refractivity (Wildman–Crippen MR) is 189 cm³/mol. The van der Waals surface area contributed by atoms with E-state index in [0.717, 1.165) is 35.0 Å². The maximum atomic E-state index is 14.6. The number of nitrogens with zero attached hydrogens (tertiary/aromatic N) is 7. The Morgan fingerprint density at radius 2 is 1.98 bits per heavy atom. The lowest BCUT2D eigenvalue weighted by Gasteiger charge is -2.52. The lowest BCUT2D eigenvalue weighted by Crippen LogP contribution is -2.63. The molecule has 1 amide bonds. The van der Waals surface area contributed by atoms with E-state index in [0.29, 0.717) is 43.6 Å². The Labute approximate surface area is 291 Å². The molecule has 50 heavy (non-hydrogen) atoms. The quantitative estimate of drug-likeness (QED) is 0.328. The zero-order valence-corrected chi connectivity index (χ0v) is 29.5. The van der Waals surface area contributed by atoms with E-state index >= 15 is 0 Å². The maximum Gasteiger partial charge on any atom is 0.246 e. The van der Waals surface area contributed by atoms with E-state index in [4.69, 9.17) is 14.7 Å². The summed E-state index contributed by atoms with van der Waals surface area (Å²) in [6.07, 6.45) is 7.54. The lowest BCUT2D eigenvalue weighted by atomic mass is 9.81. The SMILES string of the molecule is C=CC(=O)N1CCCC1c1ncc(N2CC(C3CC(C)(O)CCS3(=O)=O)C2C)c2cnc(Nc3ccnc(N4CC[C@@H](OC)[C@@H](F)C4)n3)cc12. The van der Waals surface area contributed by atoms with Crippen LogP contribution in [0.2, 0.25) is 0 Å². The van der Waals surface area contributed by atoms with Gasteiger partial charge in [-0.3, -0.25) is 9.78 Å². The molecule has 0 spiro atoms. The van der Waals surface area contributed by atoms with Crippen LogP contribution in [-0.2, 0) is 19.4 Å². The molecule has 0 radical (unpaired) electrons. The number of anilines is 4. The molecule has 7 heterocycles. The molecule has 4 aliphatic heterocycles. The number of halogens is 1. The van der Waals surface area contributed by atoms with Gasteiger partial charge >= 0.3 is 0 Å². The average Bonchev–Trinajstić information content (AvgIpc) is 3.59. The number of ether oxygens (including phenoxy) is 1. The van der Waals surface area contributed by atoms with Crippen LogP contribution in [0.1, 0.15) is 57.7 Å². The van der Waals surface area contributed by atoms with Crippen LogP contribution >= 0.6 is 0 Å². The minimum Gasteiger partial charge on any atom is -0.390 e. The van der Waals surface area contributed by atoms with Crippen molar-refractivity contribution in [2.24, 2.45) is 5.92 Å². The van der Waals surface area contributed by atoms with Crippen molar-refractivity contribution in [3.63, 3.8) is 0 Å². The van der Waals surface area contributed by atoms with Crippen LogP contribution in [0.3, 0.4) is 0 Å². The first-order valence-electron chi connectivity index (χ1n) is 17.3. The number of amides is 1. The topological polar surface area (TPSA) is 154 Å². The number of pyridine rings is 2. The average molecular weight is 709 g/mol. The van der Waals surface area contributed by atoms with E-state index in [1.807, 2.05) is 13.0 Å². The molecule has 0 bridgehead atoms. The molecule has 0 aliphatic carbocycles. The molecule has 5 unspecified atom stereocenters. The van der Waals surface area contributed by atoms with E-state index in [9.17, 15) is 22.7 Å². The summed E-state index contributed by atoms with van der Waals surface area (Å²) in [6.45, 7) is 9.25. The van der Waals surface area contributed by atoms with Gasteiger partial charge < -0.3 is 29.9 Å². The van der Waals surface area contributed by atoms with Crippen molar-refractivity contribution in [2.75, 3.05) is 54.2 Å². The van der Waals surface area contributed by atoms with E-state index < -0.39 is 33.0 Å². The van der Waals surface area contributed by atoms with Crippen LogP contribution in [0, 0.1) is 5.92 Å². The summed E-state index contributed by atoms with van der Waals surface area (Å²) in [7, 11) is -1.81. The van der Waals surface area contributed by atoms with E-state index in [1.54, 1.807) is 41.4 Å². The third-order valence-corrected chi connectivity index (χ3v) is 13.3. The van der Waals surface area contributed by atoms with Crippen molar-refractivity contribution in [1.29, 1.82) is 0 Å². The lowest BCUT2D eigenvalue weighted by molar-refractivity contribution is -0.126. The third kappa shape index (κ3) is 6.39. The van der Waals surface area contributed by atoms with Crippen molar-refractivity contribution < 1.29 is 27.4 Å². The highest BCUT2D eigenvalue weighted by Gasteiger charge is 2.51. The van der Waals surface area contributed by atoms with Gasteiger partial charge in [0.15, 0.2) is 9.84 Å². The monoisotopic (exact) mass is 708 g/mol. The molecule has 0 aromatic carbocycles. The van der Waals surface area contributed by atoms with Gasteiger partial charge in [0.05, 0.1) is 52.9 Å². The highest BCUT2D eigenvalue weighted by Crippen LogP contribution is 2.45. The van der Waals surface area contributed by atoms with Gasteiger partial charge in [0, 0.05) is 61.9 Å². The number of rotatable bonds is 8. The fourth-order valence-corrected chi connectivity index (χ4v) is 10.6. The zero-order chi connectivity index (χ0) is 35.4. The summed E-state index contributed by atoms with van der Waals surface area (Å²) in [4.78, 5) is 37.4. The molecular formula is C35H45FN8O5S. The molecule has 3 aromatic heterocycles. The molecule has 268 valence electrons. The maximum absolute atomic E-state index is 14.6. The van der Waals surface area contributed by atoms with Crippen LogP contribution in [0.25, 0.3) is 10.8 Å². The molecule has 13 nitrogen and oxygen atoms in total. The fourth-order valence-electron chi connectivity index (χ4n) is 8.15. The van der Waals surface area contributed by atoms with Gasteiger partial charge in [-0.15, -0.1) is 0 Å². The number of alkyl halides is 1. The number of aromatic nitrogens is 4. The highest BCUT2D eigenvalue weighted by atomic mass is 32.2. The Kier molecular flexibility index (Phi) is 9.18. The second kappa shape index (κ2) is 13.3. The summed E-state index contributed by atoms with van der Waals surface area (Å²) >= 11 is 0. The van der Waals surface area contributed by atoms with Gasteiger partial charge in [-0.25, -0.2) is 22.8 Å². The molecule has 4 aliphatic rings.